The zero-order valence-electron chi connectivity index (χ0n) is 13.8. The second-order valence-corrected chi connectivity index (χ2v) is 6.79. The van der Waals surface area contributed by atoms with Crippen molar-refractivity contribution in [3.8, 4) is 11.3 Å². The number of rotatable bonds is 3. The average Bonchev–Trinajstić information content (AvgIpc) is 3.05. The molecule has 2 amide bonds. The van der Waals surface area contributed by atoms with Crippen LogP contribution in [-0.2, 0) is 0 Å². The predicted molar refractivity (Wildman–Crippen MR) is 91.5 cm³/mol. The fourth-order valence-electron chi connectivity index (χ4n) is 3.50. The third-order valence-electron chi connectivity index (χ3n) is 5.04. The van der Waals surface area contributed by atoms with Crippen molar-refractivity contribution < 1.29 is 4.79 Å². The minimum Gasteiger partial charge on any atom is -0.335 e. The van der Waals surface area contributed by atoms with E-state index in [1.54, 1.807) is 0 Å². The molecule has 0 radical (unpaired) electrons. The number of hydrogen-bond donors (Lipinski definition) is 1. The number of nitrogens with one attached hydrogen (secondary N) is 1. The van der Waals surface area contributed by atoms with Gasteiger partial charge in [-0.25, -0.2) is 9.48 Å². The number of hydrogen-bond acceptors (Lipinski definition) is 3. The van der Waals surface area contributed by atoms with E-state index in [0.29, 0.717) is 19.1 Å². The number of carbonyl (C=O) groups is 1. The zero-order valence-corrected chi connectivity index (χ0v) is 13.8. The van der Waals surface area contributed by atoms with E-state index < -0.39 is 0 Å². The highest BCUT2D eigenvalue weighted by Crippen LogP contribution is 2.24. The molecule has 1 aliphatic carbocycles. The summed E-state index contributed by atoms with van der Waals surface area (Å²) in [4.78, 5) is 14.1. The molecule has 1 saturated heterocycles. The molecule has 2 aliphatic rings. The Kier molecular flexibility index (Phi) is 4.19. The highest BCUT2D eigenvalue weighted by molar-refractivity contribution is 5.75. The number of likely N-dealkylation sites (tertiary alicyclic amines) is 1. The van der Waals surface area contributed by atoms with Crippen LogP contribution in [0.4, 0.5) is 4.79 Å². The van der Waals surface area contributed by atoms with Crippen molar-refractivity contribution in [1.29, 1.82) is 0 Å². The molecule has 1 aliphatic heterocycles. The van der Waals surface area contributed by atoms with Gasteiger partial charge in [-0.3, -0.25) is 0 Å². The summed E-state index contributed by atoms with van der Waals surface area (Å²) >= 11 is 0. The van der Waals surface area contributed by atoms with Gasteiger partial charge in [-0.05, 0) is 12.8 Å². The molecule has 6 heteroatoms. The number of urea groups is 1. The first-order valence-electron chi connectivity index (χ1n) is 8.82. The van der Waals surface area contributed by atoms with Crippen molar-refractivity contribution in [2.24, 2.45) is 0 Å². The summed E-state index contributed by atoms with van der Waals surface area (Å²) in [5.74, 6) is 0. The SMILES string of the molecule is O=C(NC1CCCCC1)N1CC(n2cc(-c3ccccc3)nn2)C1. The number of aromatic nitrogens is 3. The Balaban J connectivity index is 1.31. The summed E-state index contributed by atoms with van der Waals surface area (Å²) in [7, 11) is 0. The highest BCUT2D eigenvalue weighted by Gasteiger charge is 2.33. The molecule has 1 aromatic carbocycles. The molecule has 126 valence electrons. The van der Waals surface area contributed by atoms with Gasteiger partial charge in [0.1, 0.15) is 5.69 Å². The number of nitrogens with zero attached hydrogens (tertiary/aromatic N) is 4. The minimum atomic E-state index is 0.0709. The lowest BCUT2D eigenvalue weighted by atomic mass is 9.95. The highest BCUT2D eigenvalue weighted by atomic mass is 16.2. The lowest BCUT2D eigenvalue weighted by Gasteiger charge is -2.39. The summed E-state index contributed by atoms with van der Waals surface area (Å²) in [6, 6.07) is 10.7. The van der Waals surface area contributed by atoms with Gasteiger partial charge in [-0.1, -0.05) is 54.8 Å². The van der Waals surface area contributed by atoms with E-state index in [-0.39, 0.29) is 12.1 Å². The maximum absolute atomic E-state index is 12.3. The van der Waals surface area contributed by atoms with Crippen LogP contribution >= 0.6 is 0 Å². The third kappa shape index (κ3) is 3.13. The molecule has 0 atom stereocenters. The molecule has 4 rings (SSSR count). The van der Waals surface area contributed by atoms with Crippen molar-refractivity contribution in [3.05, 3.63) is 36.5 Å². The smallest absolute Gasteiger partial charge is 0.317 e. The number of amides is 2. The molecule has 2 fully saturated rings. The van der Waals surface area contributed by atoms with Crippen molar-refractivity contribution in [3.63, 3.8) is 0 Å². The van der Waals surface area contributed by atoms with E-state index in [4.69, 9.17) is 0 Å². The summed E-state index contributed by atoms with van der Waals surface area (Å²) < 4.78 is 1.88. The molecule has 0 bridgehead atoms. The van der Waals surface area contributed by atoms with Crippen molar-refractivity contribution in [2.75, 3.05) is 13.1 Å². The molecule has 2 heterocycles. The first-order valence-corrected chi connectivity index (χ1v) is 8.82. The molecular formula is C18H23N5O. The second kappa shape index (κ2) is 6.63. The number of carbonyl (C=O) groups excluding carboxylic acids is 1. The van der Waals surface area contributed by atoms with Crippen LogP contribution < -0.4 is 5.32 Å². The molecule has 0 unspecified atom stereocenters. The Bertz CT molecular complexity index is 686. The summed E-state index contributed by atoms with van der Waals surface area (Å²) in [5.41, 5.74) is 1.94. The largest absolute Gasteiger partial charge is 0.335 e. The fourth-order valence-corrected chi connectivity index (χ4v) is 3.50. The van der Waals surface area contributed by atoms with Crippen LogP contribution in [0.3, 0.4) is 0 Å². The molecule has 1 N–H and O–H groups in total. The summed E-state index contributed by atoms with van der Waals surface area (Å²) in [5, 5.41) is 11.6. The van der Waals surface area contributed by atoms with Gasteiger partial charge in [0, 0.05) is 24.7 Å². The zero-order chi connectivity index (χ0) is 16.4. The van der Waals surface area contributed by atoms with Gasteiger partial charge >= 0.3 is 6.03 Å². The Hall–Kier alpha value is -2.37. The molecule has 0 spiro atoms. The van der Waals surface area contributed by atoms with Gasteiger partial charge < -0.3 is 10.2 Å². The van der Waals surface area contributed by atoms with Crippen molar-refractivity contribution in [2.45, 2.75) is 44.2 Å². The van der Waals surface area contributed by atoms with Crippen LogP contribution in [0.15, 0.2) is 36.5 Å². The van der Waals surface area contributed by atoms with E-state index >= 15 is 0 Å². The van der Waals surface area contributed by atoms with E-state index in [0.717, 1.165) is 24.1 Å². The van der Waals surface area contributed by atoms with E-state index in [1.165, 1.54) is 19.3 Å². The first kappa shape index (κ1) is 15.2. The predicted octanol–water partition coefficient (Wildman–Crippen LogP) is 2.84. The lowest BCUT2D eigenvalue weighted by Crippen LogP contribution is -2.56. The van der Waals surface area contributed by atoms with E-state index in [9.17, 15) is 4.79 Å². The van der Waals surface area contributed by atoms with Gasteiger partial charge in [-0.2, -0.15) is 0 Å². The van der Waals surface area contributed by atoms with Gasteiger partial charge in [0.25, 0.3) is 0 Å². The second-order valence-electron chi connectivity index (χ2n) is 6.79. The van der Waals surface area contributed by atoms with Crippen LogP contribution in [-0.4, -0.2) is 45.1 Å². The van der Waals surface area contributed by atoms with Gasteiger partial charge in [-0.15, -0.1) is 5.10 Å². The monoisotopic (exact) mass is 325 g/mol. The van der Waals surface area contributed by atoms with Gasteiger partial charge in [0.2, 0.25) is 0 Å². The quantitative estimate of drug-likeness (QED) is 0.944. The van der Waals surface area contributed by atoms with Crippen LogP contribution in [0.25, 0.3) is 11.3 Å². The molecule has 1 aromatic heterocycles. The van der Waals surface area contributed by atoms with Crippen molar-refractivity contribution in [1.82, 2.24) is 25.2 Å². The first-order chi connectivity index (χ1) is 11.8. The van der Waals surface area contributed by atoms with Crippen LogP contribution in [0.5, 0.6) is 0 Å². The molecule has 24 heavy (non-hydrogen) atoms. The van der Waals surface area contributed by atoms with Crippen molar-refractivity contribution >= 4 is 6.03 Å². The topological polar surface area (TPSA) is 63.1 Å². The summed E-state index contributed by atoms with van der Waals surface area (Å²) in [6.07, 6.45) is 7.97. The van der Waals surface area contributed by atoms with Crippen LogP contribution in [0.2, 0.25) is 0 Å². The fraction of sp³-hybridized carbons (Fsp3) is 0.500. The summed E-state index contributed by atoms with van der Waals surface area (Å²) in [6.45, 7) is 1.41. The molecular weight excluding hydrogens is 302 g/mol. The van der Waals surface area contributed by atoms with Gasteiger partial charge in [0.05, 0.1) is 12.2 Å². The lowest BCUT2D eigenvalue weighted by molar-refractivity contribution is 0.113. The maximum atomic E-state index is 12.3. The normalized spacial score (nSPS) is 19.1. The third-order valence-corrected chi connectivity index (χ3v) is 5.04. The molecule has 2 aromatic rings. The minimum absolute atomic E-state index is 0.0709. The van der Waals surface area contributed by atoms with E-state index in [2.05, 4.69) is 15.6 Å². The standard InChI is InChI=1S/C18H23N5O/c24-18(19-15-9-5-2-6-10-15)22-11-16(12-22)23-13-17(20-21-23)14-7-3-1-4-8-14/h1,3-4,7-8,13,15-16H,2,5-6,9-12H2,(H,19,24). The molecule has 6 nitrogen and oxygen atoms in total. The Labute approximate surface area is 141 Å². The van der Waals surface area contributed by atoms with Gasteiger partial charge in [0.15, 0.2) is 0 Å². The Morgan fingerprint density at radius 1 is 1.08 bits per heavy atom. The molecule has 1 saturated carbocycles. The average molecular weight is 325 g/mol. The Morgan fingerprint density at radius 2 is 1.83 bits per heavy atom. The van der Waals surface area contributed by atoms with Crippen LogP contribution in [0, 0.1) is 0 Å². The maximum Gasteiger partial charge on any atom is 0.317 e. The van der Waals surface area contributed by atoms with E-state index in [1.807, 2.05) is 46.1 Å². The number of benzene rings is 1. The van der Waals surface area contributed by atoms with Crippen LogP contribution in [0.1, 0.15) is 38.1 Å². The Morgan fingerprint density at radius 3 is 2.58 bits per heavy atom.